The second-order valence-electron chi connectivity index (χ2n) is 9.87. The van der Waals surface area contributed by atoms with Gasteiger partial charge in [-0.15, -0.1) is 0 Å². The zero-order valence-corrected chi connectivity index (χ0v) is 22.0. The lowest BCUT2D eigenvalue weighted by Gasteiger charge is -2.37. The van der Waals surface area contributed by atoms with Gasteiger partial charge in [-0.2, -0.15) is 0 Å². The quantitative estimate of drug-likeness (QED) is 0.497. The summed E-state index contributed by atoms with van der Waals surface area (Å²) in [5.41, 5.74) is 2.91. The van der Waals surface area contributed by atoms with Crippen molar-refractivity contribution in [2.24, 2.45) is 0 Å². The highest BCUT2D eigenvalue weighted by Crippen LogP contribution is 2.33. The number of aryl methyl sites for hydroxylation is 2. The van der Waals surface area contributed by atoms with Crippen LogP contribution in [0.4, 0.5) is 10.1 Å². The summed E-state index contributed by atoms with van der Waals surface area (Å²) in [5.74, 6) is -1.01. The summed E-state index contributed by atoms with van der Waals surface area (Å²) in [6.07, 6.45) is 4.81. The number of hydrogen-bond donors (Lipinski definition) is 1. The first-order chi connectivity index (χ1) is 18.3. The predicted octanol–water partition coefficient (Wildman–Crippen LogP) is 3.92. The van der Waals surface area contributed by atoms with Crippen LogP contribution in [0.2, 0.25) is 0 Å². The van der Waals surface area contributed by atoms with E-state index in [4.69, 9.17) is 9.47 Å². The summed E-state index contributed by atoms with van der Waals surface area (Å²) in [6.45, 7) is 10.2. The maximum absolute atomic E-state index is 15.2. The Morgan fingerprint density at radius 3 is 2.66 bits per heavy atom. The molecule has 0 radical (unpaired) electrons. The second-order valence-corrected chi connectivity index (χ2v) is 9.87. The van der Waals surface area contributed by atoms with Crippen LogP contribution in [-0.2, 0) is 24.4 Å². The van der Waals surface area contributed by atoms with Gasteiger partial charge in [0.2, 0.25) is 5.43 Å². The minimum Gasteiger partial charge on any atom is -0.477 e. The van der Waals surface area contributed by atoms with Crippen LogP contribution >= 0.6 is 0 Å². The number of hydrogen-bond acceptors (Lipinski definition) is 7. The summed E-state index contributed by atoms with van der Waals surface area (Å²) >= 11 is 0. The highest BCUT2D eigenvalue weighted by atomic mass is 19.1. The number of fused-ring (bicyclic) bond motifs is 2. The summed E-state index contributed by atoms with van der Waals surface area (Å²) < 4.78 is 28.9. The van der Waals surface area contributed by atoms with Crippen LogP contribution in [0, 0.1) is 12.7 Å². The topological polar surface area (TPSA) is 97.1 Å². The zero-order valence-electron chi connectivity index (χ0n) is 22.0. The molecule has 1 atom stereocenters. The molecule has 38 heavy (non-hydrogen) atoms. The highest BCUT2D eigenvalue weighted by molar-refractivity contribution is 5.93. The van der Waals surface area contributed by atoms with Crippen molar-refractivity contribution in [1.82, 2.24) is 14.5 Å². The number of aromatic carboxylic acids is 1. The molecule has 0 aliphatic carbocycles. The molecular formula is C28H33FN4O5. The van der Waals surface area contributed by atoms with Gasteiger partial charge in [-0.05, 0) is 31.5 Å². The summed E-state index contributed by atoms with van der Waals surface area (Å²) in [4.78, 5) is 33.0. The minimum absolute atomic E-state index is 0.0777. The molecular weight excluding hydrogens is 491 g/mol. The van der Waals surface area contributed by atoms with E-state index in [2.05, 4.69) is 16.8 Å². The van der Waals surface area contributed by atoms with Crippen molar-refractivity contribution in [3.8, 4) is 5.75 Å². The van der Waals surface area contributed by atoms with Crippen LogP contribution in [0.5, 0.6) is 5.75 Å². The molecule has 1 N–H and O–H groups in total. The van der Waals surface area contributed by atoms with Gasteiger partial charge in [-0.25, -0.2) is 9.18 Å². The van der Waals surface area contributed by atoms with E-state index >= 15 is 4.39 Å². The lowest BCUT2D eigenvalue weighted by atomic mass is 10.1. The molecule has 0 saturated carbocycles. The van der Waals surface area contributed by atoms with Crippen LogP contribution in [0.1, 0.15) is 53.9 Å². The SMILES string of the molecule is CCCC1OCc2c(CN3CCN(c4cc5c(cc4F)c(=O)c(C(=O)O)cn5CC)CC3)cnc(C)c2O1. The number of carbonyl (C=O) groups is 1. The van der Waals surface area contributed by atoms with Crippen molar-refractivity contribution in [2.75, 3.05) is 31.1 Å². The van der Waals surface area contributed by atoms with Gasteiger partial charge in [0.25, 0.3) is 0 Å². The molecule has 0 spiro atoms. The number of aromatic nitrogens is 2. The van der Waals surface area contributed by atoms with Crippen molar-refractivity contribution >= 4 is 22.6 Å². The van der Waals surface area contributed by atoms with E-state index in [1.54, 1.807) is 10.6 Å². The van der Waals surface area contributed by atoms with Gasteiger partial charge in [0, 0.05) is 69.0 Å². The Morgan fingerprint density at radius 1 is 1.21 bits per heavy atom. The fourth-order valence-corrected chi connectivity index (χ4v) is 5.29. The Kier molecular flexibility index (Phi) is 7.36. The third-order valence-electron chi connectivity index (χ3n) is 7.42. The van der Waals surface area contributed by atoms with E-state index in [0.717, 1.165) is 48.5 Å². The van der Waals surface area contributed by atoms with Crippen molar-refractivity contribution in [2.45, 2.75) is 59.6 Å². The Hall–Kier alpha value is -3.50. The fraction of sp³-hybridized carbons (Fsp3) is 0.464. The number of anilines is 1. The summed E-state index contributed by atoms with van der Waals surface area (Å²) in [7, 11) is 0. The molecule has 3 aromatic rings. The lowest BCUT2D eigenvalue weighted by Crippen LogP contribution is -2.46. The van der Waals surface area contributed by atoms with Crippen LogP contribution in [0.25, 0.3) is 10.9 Å². The minimum atomic E-state index is -1.32. The molecule has 0 bridgehead atoms. The average Bonchev–Trinajstić information content (AvgIpc) is 2.91. The molecule has 1 unspecified atom stereocenters. The van der Waals surface area contributed by atoms with E-state index in [-0.39, 0.29) is 17.2 Å². The molecule has 10 heteroatoms. The Balaban J connectivity index is 1.33. The van der Waals surface area contributed by atoms with E-state index in [9.17, 15) is 14.7 Å². The van der Waals surface area contributed by atoms with Gasteiger partial charge in [0.15, 0.2) is 6.29 Å². The molecule has 2 aliphatic rings. The van der Waals surface area contributed by atoms with E-state index in [1.165, 1.54) is 12.3 Å². The molecule has 2 aromatic heterocycles. The van der Waals surface area contributed by atoms with Crippen molar-refractivity contribution in [3.63, 3.8) is 0 Å². The molecule has 1 aromatic carbocycles. The van der Waals surface area contributed by atoms with Crippen LogP contribution in [0.3, 0.4) is 0 Å². The predicted molar refractivity (Wildman–Crippen MR) is 141 cm³/mol. The van der Waals surface area contributed by atoms with E-state index < -0.39 is 17.2 Å². The highest BCUT2D eigenvalue weighted by Gasteiger charge is 2.27. The van der Waals surface area contributed by atoms with Gasteiger partial charge >= 0.3 is 5.97 Å². The number of rotatable bonds is 7. The molecule has 202 valence electrons. The number of halogens is 1. The number of benzene rings is 1. The van der Waals surface area contributed by atoms with E-state index in [1.807, 2.05) is 24.9 Å². The normalized spacial score (nSPS) is 17.9. The first kappa shape index (κ1) is 26.1. The number of nitrogens with zero attached hydrogens (tertiary/aromatic N) is 4. The number of pyridine rings is 2. The van der Waals surface area contributed by atoms with Gasteiger partial charge in [0.1, 0.15) is 17.1 Å². The van der Waals surface area contributed by atoms with Gasteiger partial charge in [-0.1, -0.05) is 13.3 Å². The van der Waals surface area contributed by atoms with Crippen molar-refractivity contribution < 1.29 is 23.8 Å². The third-order valence-corrected chi connectivity index (χ3v) is 7.42. The average molecular weight is 525 g/mol. The Morgan fingerprint density at radius 2 is 1.97 bits per heavy atom. The summed E-state index contributed by atoms with van der Waals surface area (Å²) in [5, 5.41) is 9.46. The first-order valence-electron chi connectivity index (χ1n) is 13.1. The van der Waals surface area contributed by atoms with Crippen molar-refractivity contribution in [1.29, 1.82) is 0 Å². The fourth-order valence-electron chi connectivity index (χ4n) is 5.29. The number of piperazine rings is 1. The molecule has 5 rings (SSSR count). The maximum Gasteiger partial charge on any atom is 0.341 e. The molecule has 2 aliphatic heterocycles. The maximum atomic E-state index is 15.2. The van der Waals surface area contributed by atoms with Crippen LogP contribution < -0.4 is 15.1 Å². The largest absolute Gasteiger partial charge is 0.477 e. The molecule has 9 nitrogen and oxygen atoms in total. The number of ether oxygens (including phenoxy) is 2. The smallest absolute Gasteiger partial charge is 0.341 e. The molecule has 1 fully saturated rings. The lowest BCUT2D eigenvalue weighted by molar-refractivity contribution is -0.112. The first-order valence-corrected chi connectivity index (χ1v) is 13.1. The van der Waals surface area contributed by atoms with Crippen LogP contribution in [-0.4, -0.2) is 58.0 Å². The standard InChI is InChI=1S/C28H33FN4O5/c1-4-6-25-37-16-21-18(13-30-17(3)27(21)38-25)14-31-7-9-33(10-8-31)24-12-23-19(11-22(24)29)26(34)20(28(35)36)15-32(23)5-2/h11-13,15,25H,4-10,14,16H2,1-3H3,(H,35,36). The Bertz CT molecular complexity index is 1430. The molecule has 1 saturated heterocycles. The third kappa shape index (κ3) is 4.86. The molecule has 4 heterocycles. The number of carboxylic acids is 1. The van der Waals surface area contributed by atoms with Crippen molar-refractivity contribution in [3.05, 3.63) is 63.0 Å². The van der Waals surface area contributed by atoms with E-state index in [0.29, 0.717) is 44.0 Å². The Labute approximate surface area is 220 Å². The monoisotopic (exact) mass is 524 g/mol. The summed E-state index contributed by atoms with van der Waals surface area (Å²) in [6, 6.07) is 2.84. The molecule has 0 amide bonds. The zero-order chi connectivity index (χ0) is 27.0. The van der Waals surface area contributed by atoms with Crippen LogP contribution in [0.15, 0.2) is 29.3 Å². The van der Waals surface area contributed by atoms with Gasteiger partial charge < -0.3 is 24.0 Å². The van der Waals surface area contributed by atoms with Gasteiger partial charge in [-0.3, -0.25) is 14.7 Å². The number of carboxylic acid groups (broad SMARTS) is 1. The van der Waals surface area contributed by atoms with Gasteiger partial charge in [0.05, 0.1) is 23.5 Å². The second kappa shape index (κ2) is 10.7.